The molecule has 80 heavy (non-hydrogen) atoms. The molecule has 1 saturated heterocycles. The van der Waals surface area contributed by atoms with Crippen LogP contribution in [0.5, 0.6) is 0 Å². The molecule has 9 nitrogen and oxygen atoms in total. The lowest BCUT2D eigenvalue weighted by Crippen LogP contribution is -2.60. The predicted molar refractivity (Wildman–Crippen MR) is 341 cm³/mol. The summed E-state index contributed by atoms with van der Waals surface area (Å²) < 4.78 is 11.4. The maximum Gasteiger partial charge on any atom is 0.220 e. The van der Waals surface area contributed by atoms with Gasteiger partial charge in [0.25, 0.3) is 0 Å². The molecule has 0 aromatic carbocycles. The molecule has 1 aliphatic heterocycles. The van der Waals surface area contributed by atoms with Gasteiger partial charge >= 0.3 is 0 Å². The molecule has 1 amide bonds. The van der Waals surface area contributed by atoms with Crippen molar-refractivity contribution in [2.24, 2.45) is 0 Å². The predicted octanol–water partition coefficient (Wildman–Crippen LogP) is 18.4. The molecular weight excluding hydrogens is 995 g/mol. The molecule has 1 aliphatic rings. The Kier molecular flexibility index (Phi) is 56.5. The number of hydrogen-bond donors (Lipinski definition) is 6. The third kappa shape index (κ3) is 48.0. The molecule has 0 aliphatic carbocycles. The SMILES string of the molecule is CC/C=C\C/C=C\C/C=C\C/C=C\C/C=C\C/C=C\CCCCCCCCCCCCCCCCCCCCC(=O)NC(COC1OC(CO)C(O)C(O)C1O)C(O)CCCCCCCCCCCCCCCCCCCCCC. The Morgan fingerprint density at radius 2 is 0.775 bits per heavy atom. The summed E-state index contributed by atoms with van der Waals surface area (Å²) in [4.78, 5) is 13.1. The van der Waals surface area contributed by atoms with E-state index in [9.17, 15) is 30.3 Å². The number of aliphatic hydroxyl groups excluding tert-OH is 5. The van der Waals surface area contributed by atoms with Gasteiger partial charge in [0.05, 0.1) is 25.4 Å². The summed E-state index contributed by atoms with van der Waals surface area (Å²) in [5.41, 5.74) is 0. The summed E-state index contributed by atoms with van der Waals surface area (Å²) in [5, 5.41) is 54.9. The van der Waals surface area contributed by atoms with Crippen LogP contribution in [-0.2, 0) is 14.3 Å². The van der Waals surface area contributed by atoms with E-state index in [0.29, 0.717) is 12.8 Å². The summed E-state index contributed by atoms with van der Waals surface area (Å²) in [6.45, 7) is 3.76. The number of nitrogens with one attached hydrogen (secondary N) is 1. The Morgan fingerprint density at radius 1 is 0.438 bits per heavy atom. The second-order valence-corrected chi connectivity index (χ2v) is 23.6. The van der Waals surface area contributed by atoms with Crippen molar-refractivity contribution in [1.29, 1.82) is 0 Å². The molecule has 466 valence electrons. The van der Waals surface area contributed by atoms with Gasteiger partial charge < -0.3 is 40.3 Å². The Hall–Kier alpha value is -2.37. The lowest BCUT2D eigenvalue weighted by Gasteiger charge is -2.40. The van der Waals surface area contributed by atoms with Crippen molar-refractivity contribution < 1.29 is 39.8 Å². The van der Waals surface area contributed by atoms with Crippen LogP contribution in [0.25, 0.3) is 0 Å². The quantitative estimate of drug-likeness (QED) is 0.0261. The Balaban J connectivity index is 2.09. The topological polar surface area (TPSA) is 149 Å². The molecule has 0 saturated carbocycles. The van der Waals surface area contributed by atoms with Crippen LogP contribution in [0.2, 0.25) is 0 Å². The zero-order valence-electron chi connectivity index (χ0n) is 52.1. The molecule has 0 aromatic heterocycles. The van der Waals surface area contributed by atoms with Crippen LogP contribution in [0.1, 0.15) is 316 Å². The fraction of sp³-hybridized carbons (Fsp3) is 0.817. The van der Waals surface area contributed by atoms with Crippen molar-refractivity contribution >= 4 is 5.91 Å². The van der Waals surface area contributed by atoms with E-state index in [-0.39, 0.29) is 12.5 Å². The van der Waals surface area contributed by atoms with Crippen LogP contribution in [0.4, 0.5) is 0 Å². The second kappa shape index (κ2) is 59.8. The van der Waals surface area contributed by atoms with Gasteiger partial charge in [-0.25, -0.2) is 0 Å². The minimum Gasteiger partial charge on any atom is -0.394 e. The van der Waals surface area contributed by atoms with E-state index in [1.807, 2.05) is 0 Å². The van der Waals surface area contributed by atoms with Gasteiger partial charge in [-0.3, -0.25) is 4.79 Å². The number of unbranched alkanes of at least 4 members (excludes halogenated alkanes) is 37. The van der Waals surface area contributed by atoms with Crippen LogP contribution < -0.4 is 5.32 Å². The van der Waals surface area contributed by atoms with Crippen molar-refractivity contribution in [3.05, 3.63) is 72.9 Å². The number of amides is 1. The minimum atomic E-state index is -1.55. The van der Waals surface area contributed by atoms with Crippen LogP contribution >= 0.6 is 0 Å². The lowest BCUT2D eigenvalue weighted by atomic mass is 9.99. The fourth-order valence-corrected chi connectivity index (χ4v) is 10.8. The maximum absolute atomic E-state index is 13.1. The number of ether oxygens (including phenoxy) is 2. The molecule has 0 bridgehead atoms. The van der Waals surface area contributed by atoms with Gasteiger partial charge in [0.1, 0.15) is 24.4 Å². The third-order valence-electron chi connectivity index (χ3n) is 16.1. The molecule has 1 fully saturated rings. The van der Waals surface area contributed by atoms with E-state index < -0.39 is 49.5 Å². The highest BCUT2D eigenvalue weighted by Crippen LogP contribution is 2.24. The first-order chi connectivity index (χ1) is 39.3. The van der Waals surface area contributed by atoms with Gasteiger partial charge in [-0.15, -0.1) is 0 Å². The molecule has 6 N–H and O–H groups in total. The largest absolute Gasteiger partial charge is 0.394 e. The van der Waals surface area contributed by atoms with Crippen molar-refractivity contribution in [3.63, 3.8) is 0 Å². The van der Waals surface area contributed by atoms with Crippen molar-refractivity contribution in [2.45, 2.75) is 358 Å². The first-order valence-corrected chi connectivity index (χ1v) is 34.1. The van der Waals surface area contributed by atoms with E-state index in [1.54, 1.807) is 0 Å². The highest BCUT2D eigenvalue weighted by molar-refractivity contribution is 5.76. The highest BCUT2D eigenvalue weighted by Gasteiger charge is 2.44. The van der Waals surface area contributed by atoms with Crippen molar-refractivity contribution in [1.82, 2.24) is 5.32 Å². The molecule has 0 spiro atoms. The number of hydrogen-bond acceptors (Lipinski definition) is 8. The average Bonchev–Trinajstić information content (AvgIpc) is 3.46. The number of carbonyl (C=O) groups excluding carboxylic acids is 1. The zero-order valence-corrected chi connectivity index (χ0v) is 52.1. The highest BCUT2D eigenvalue weighted by atomic mass is 16.7. The van der Waals surface area contributed by atoms with E-state index in [1.165, 1.54) is 212 Å². The summed E-state index contributed by atoms with van der Waals surface area (Å²) in [5.74, 6) is -0.140. The summed E-state index contributed by atoms with van der Waals surface area (Å²) in [6.07, 6.45) is 76.7. The van der Waals surface area contributed by atoms with Gasteiger partial charge in [0.15, 0.2) is 6.29 Å². The first kappa shape index (κ1) is 75.6. The number of rotatable bonds is 59. The lowest BCUT2D eigenvalue weighted by molar-refractivity contribution is -0.302. The molecule has 1 rings (SSSR count). The monoisotopic (exact) mass is 1120 g/mol. The number of aliphatic hydroxyl groups is 5. The van der Waals surface area contributed by atoms with Gasteiger partial charge in [-0.05, 0) is 64.2 Å². The van der Waals surface area contributed by atoms with E-state index in [2.05, 4.69) is 92.1 Å². The second-order valence-electron chi connectivity index (χ2n) is 23.6. The summed E-state index contributed by atoms with van der Waals surface area (Å²) >= 11 is 0. The van der Waals surface area contributed by atoms with Gasteiger partial charge in [-0.1, -0.05) is 318 Å². The van der Waals surface area contributed by atoms with Gasteiger partial charge in [-0.2, -0.15) is 0 Å². The van der Waals surface area contributed by atoms with Crippen LogP contribution in [0.3, 0.4) is 0 Å². The van der Waals surface area contributed by atoms with Crippen molar-refractivity contribution in [3.8, 4) is 0 Å². The normalized spacial score (nSPS) is 18.9. The van der Waals surface area contributed by atoms with Gasteiger partial charge in [0.2, 0.25) is 5.91 Å². The average molecular weight is 1120 g/mol. The molecule has 7 unspecified atom stereocenters. The summed E-state index contributed by atoms with van der Waals surface area (Å²) in [7, 11) is 0. The maximum atomic E-state index is 13.1. The fourth-order valence-electron chi connectivity index (χ4n) is 10.8. The molecule has 1 heterocycles. The minimum absolute atomic E-state index is 0.136. The van der Waals surface area contributed by atoms with Gasteiger partial charge in [0, 0.05) is 6.42 Å². The summed E-state index contributed by atoms with van der Waals surface area (Å²) in [6, 6.07) is -0.721. The molecule has 0 radical (unpaired) electrons. The first-order valence-electron chi connectivity index (χ1n) is 34.1. The van der Waals surface area contributed by atoms with E-state index in [4.69, 9.17) is 9.47 Å². The van der Waals surface area contributed by atoms with E-state index >= 15 is 0 Å². The number of allylic oxidation sites excluding steroid dienone is 12. The van der Waals surface area contributed by atoms with Crippen molar-refractivity contribution in [2.75, 3.05) is 13.2 Å². The standard InChI is InChI=1S/C71H129NO8/c1-3-5-7-9-11-13-15-17-19-21-23-25-26-27-28-29-30-31-32-33-34-35-36-37-38-39-40-41-43-45-47-49-51-53-55-57-59-61-67(75)72-64(63-79-71-70(78)69(77)68(76)66(62-73)80-71)65(74)60-58-56-54-52-50-48-46-44-42-24-22-20-18-16-14-12-10-8-6-4-2/h5,7,11,13,17,19,23,25,27-28,30-31,64-66,68-71,73-74,76-78H,3-4,6,8-10,12,14-16,18,20-22,24,26,29,32-63H2,1-2H3,(H,72,75)/b7-5-,13-11-,19-17-,25-23-,28-27-,31-30-. The van der Waals surface area contributed by atoms with Crippen LogP contribution in [0, 0.1) is 0 Å². The van der Waals surface area contributed by atoms with Crippen LogP contribution in [-0.4, -0.2) is 87.5 Å². The Bertz CT molecular complexity index is 1490. The Labute approximate surface area is 493 Å². The molecular formula is C71H129NO8. The smallest absolute Gasteiger partial charge is 0.220 e. The molecule has 0 aromatic rings. The molecule has 9 heteroatoms. The third-order valence-corrected chi connectivity index (χ3v) is 16.1. The van der Waals surface area contributed by atoms with E-state index in [0.717, 1.165) is 77.0 Å². The molecule has 7 atom stereocenters. The number of carbonyl (C=O) groups is 1. The zero-order chi connectivity index (χ0) is 57.9. The van der Waals surface area contributed by atoms with Crippen LogP contribution in [0.15, 0.2) is 72.9 Å². The Morgan fingerprint density at radius 3 is 1.15 bits per heavy atom.